The Bertz CT molecular complexity index is 1360. The molecule has 5 unspecified atom stereocenters. The van der Waals surface area contributed by atoms with Crippen LogP contribution in [-0.2, 0) is 25.7 Å². The number of fused-ring (bicyclic) bond motifs is 1. The first-order valence-corrected chi connectivity index (χ1v) is 14.4. The summed E-state index contributed by atoms with van der Waals surface area (Å²) in [6.07, 6.45) is 8.08. The Kier molecular flexibility index (Phi) is 7.27. The van der Waals surface area contributed by atoms with Gasteiger partial charge in [-0.25, -0.2) is 0 Å². The first-order valence-electron chi connectivity index (χ1n) is 13.7. The zero-order chi connectivity index (χ0) is 28.0. The molecule has 5 atom stereocenters. The highest BCUT2D eigenvalue weighted by atomic mass is 35.5. The minimum absolute atomic E-state index is 0.0553. The van der Waals surface area contributed by atoms with Gasteiger partial charge in [0.25, 0.3) is 0 Å². The molecule has 10 heteroatoms. The smallest absolute Gasteiger partial charge is 0.246 e. The molecule has 0 aromatic heterocycles. The standard InChI is InChI=1S/C30H31Cl2N3O5/c1-39-22-9-5-6-17(12-22)16-35-26(28(37)33-20-7-3-2-4-8-20)30-11-10-23(40-30)24(25(30)29(35)38)27(36)34-21-14-18(31)13-19(32)15-21/h5-6,9-15,20,23-26H,2-4,7-8,16H2,1H3,(H,33,37)(H,34,36). The highest BCUT2D eigenvalue weighted by Crippen LogP contribution is 2.55. The van der Waals surface area contributed by atoms with Gasteiger partial charge in [0.1, 0.15) is 17.4 Å². The minimum atomic E-state index is -1.24. The highest BCUT2D eigenvalue weighted by Gasteiger charge is 2.72. The van der Waals surface area contributed by atoms with Crippen molar-refractivity contribution >= 4 is 46.6 Å². The van der Waals surface area contributed by atoms with Crippen LogP contribution in [0.4, 0.5) is 5.69 Å². The second kappa shape index (κ2) is 10.7. The van der Waals surface area contributed by atoms with Gasteiger partial charge in [-0.1, -0.05) is 66.7 Å². The van der Waals surface area contributed by atoms with Crippen LogP contribution in [0.3, 0.4) is 0 Å². The fourth-order valence-corrected chi connectivity index (χ4v) is 7.31. The zero-order valence-corrected chi connectivity index (χ0v) is 23.6. The van der Waals surface area contributed by atoms with Crippen molar-refractivity contribution in [2.24, 2.45) is 11.8 Å². The van der Waals surface area contributed by atoms with E-state index in [-0.39, 0.29) is 30.3 Å². The van der Waals surface area contributed by atoms with Crippen LogP contribution in [0.15, 0.2) is 54.6 Å². The van der Waals surface area contributed by atoms with Gasteiger partial charge in [0, 0.05) is 28.3 Å². The molecular formula is C30H31Cl2N3O5. The lowest BCUT2D eigenvalue weighted by atomic mass is 9.74. The molecule has 1 aliphatic carbocycles. The number of rotatable bonds is 7. The second-order valence-corrected chi connectivity index (χ2v) is 11.9. The van der Waals surface area contributed by atoms with Crippen LogP contribution in [0.1, 0.15) is 37.7 Å². The summed E-state index contributed by atoms with van der Waals surface area (Å²) in [7, 11) is 1.58. The molecule has 1 spiro atoms. The maximum absolute atomic E-state index is 14.2. The molecule has 6 rings (SSSR count). The fourth-order valence-electron chi connectivity index (χ4n) is 6.78. The summed E-state index contributed by atoms with van der Waals surface area (Å²) < 4.78 is 11.8. The van der Waals surface area contributed by atoms with Crippen LogP contribution < -0.4 is 15.4 Å². The van der Waals surface area contributed by atoms with Gasteiger partial charge in [-0.15, -0.1) is 0 Å². The lowest BCUT2D eigenvalue weighted by Gasteiger charge is -2.34. The fraction of sp³-hybridized carbons (Fsp3) is 0.433. The number of methoxy groups -OCH3 is 1. The number of halogens is 2. The van der Waals surface area contributed by atoms with Gasteiger partial charge < -0.3 is 25.0 Å². The molecule has 210 valence electrons. The van der Waals surface area contributed by atoms with E-state index in [1.54, 1.807) is 36.3 Å². The normalized spacial score (nSPS) is 29.0. The number of carbonyl (C=O) groups excluding carboxylic acids is 3. The van der Waals surface area contributed by atoms with Gasteiger partial charge in [0.2, 0.25) is 17.7 Å². The number of carbonyl (C=O) groups is 3. The number of nitrogens with zero attached hydrogens (tertiary/aromatic N) is 1. The van der Waals surface area contributed by atoms with E-state index >= 15 is 0 Å². The molecule has 4 aliphatic rings. The third-order valence-electron chi connectivity index (χ3n) is 8.49. The topological polar surface area (TPSA) is 97.0 Å². The van der Waals surface area contributed by atoms with Crippen LogP contribution >= 0.6 is 23.2 Å². The van der Waals surface area contributed by atoms with E-state index < -0.39 is 29.6 Å². The van der Waals surface area contributed by atoms with Gasteiger partial charge in [0.05, 0.1) is 25.0 Å². The quantitative estimate of drug-likeness (QED) is 0.459. The van der Waals surface area contributed by atoms with Gasteiger partial charge in [0.15, 0.2) is 0 Å². The summed E-state index contributed by atoms with van der Waals surface area (Å²) in [6.45, 7) is 0.178. The Morgan fingerprint density at radius 2 is 1.82 bits per heavy atom. The Balaban J connectivity index is 1.33. The van der Waals surface area contributed by atoms with E-state index in [9.17, 15) is 14.4 Å². The third-order valence-corrected chi connectivity index (χ3v) is 8.93. The summed E-state index contributed by atoms with van der Waals surface area (Å²) in [6, 6.07) is 11.3. The molecule has 3 fully saturated rings. The molecule has 2 aromatic rings. The van der Waals surface area contributed by atoms with Crippen LogP contribution in [0, 0.1) is 11.8 Å². The predicted octanol–water partition coefficient (Wildman–Crippen LogP) is 4.74. The van der Waals surface area contributed by atoms with E-state index in [1.807, 2.05) is 30.3 Å². The number of nitrogens with one attached hydrogen (secondary N) is 2. The van der Waals surface area contributed by atoms with Crippen molar-refractivity contribution in [3.05, 3.63) is 70.2 Å². The molecule has 2 bridgehead atoms. The first kappa shape index (κ1) is 27.1. The van der Waals surface area contributed by atoms with Crippen molar-refractivity contribution < 1.29 is 23.9 Å². The molecule has 3 amide bonds. The van der Waals surface area contributed by atoms with Crippen molar-refractivity contribution in [2.45, 2.75) is 62.4 Å². The minimum Gasteiger partial charge on any atom is -0.497 e. The lowest BCUT2D eigenvalue weighted by Crippen LogP contribution is -2.56. The molecule has 2 saturated heterocycles. The van der Waals surface area contributed by atoms with Gasteiger partial charge in [-0.2, -0.15) is 0 Å². The average molecular weight is 584 g/mol. The molecular weight excluding hydrogens is 553 g/mol. The van der Waals surface area contributed by atoms with Gasteiger partial charge in [-0.05, 0) is 48.7 Å². The van der Waals surface area contributed by atoms with Gasteiger partial charge in [-0.3, -0.25) is 14.4 Å². The number of benzene rings is 2. The summed E-state index contributed by atoms with van der Waals surface area (Å²) in [5, 5.41) is 6.82. The summed E-state index contributed by atoms with van der Waals surface area (Å²) in [4.78, 5) is 43.4. The largest absolute Gasteiger partial charge is 0.497 e. The summed E-state index contributed by atoms with van der Waals surface area (Å²) in [5.41, 5.74) is -0.00547. The summed E-state index contributed by atoms with van der Waals surface area (Å²) in [5.74, 6) is -1.95. The average Bonchev–Trinajstić information content (AvgIpc) is 3.56. The van der Waals surface area contributed by atoms with Crippen LogP contribution in [0.2, 0.25) is 10.0 Å². The number of anilines is 1. The molecule has 0 radical (unpaired) electrons. The Morgan fingerprint density at radius 3 is 2.55 bits per heavy atom. The van der Waals surface area contributed by atoms with E-state index in [2.05, 4.69) is 10.6 Å². The molecule has 1 saturated carbocycles. The van der Waals surface area contributed by atoms with Crippen LogP contribution in [0.5, 0.6) is 5.75 Å². The molecule has 40 heavy (non-hydrogen) atoms. The van der Waals surface area contributed by atoms with E-state index in [1.165, 1.54) is 0 Å². The number of hydrogen-bond acceptors (Lipinski definition) is 5. The molecule has 8 nitrogen and oxygen atoms in total. The lowest BCUT2D eigenvalue weighted by molar-refractivity contribution is -0.142. The second-order valence-electron chi connectivity index (χ2n) is 11.0. The number of hydrogen-bond donors (Lipinski definition) is 2. The maximum atomic E-state index is 14.2. The first-order chi connectivity index (χ1) is 19.3. The molecule has 3 aliphatic heterocycles. The van der Waals surface area contributed by atoms with E-state index in [0.717, 1.165) is 37.7 Å². The number of likely N-dealkylation sites (tertiary alicyclic amines) is 1. The Hall–Kier alpha value is -3.07. The summed E-state index contributed by atoms with van der Waals surface area (Å²) >= 11 is 12.3. The SMILES string of the molecule is COc1cccc(CN2C(=O)C3C(C(=O)Nc4cc(Cl)cc(Cl)c4)C4C=CC3(O4)C2C(=O)NC2CCCCC2)c1. The third kappa shape index (κ3) is 4.76. The van der Waals surface area contributed by atoms with Crippen molar-refractivity contribution in [3.8, 4) is 5.75 Å². The molecule has 2 N–H and O–H groups in total. The van der Waals surface area contributed by atoms with Crippen molar-refractivity contribution in [1.82, 2.24) is 10.2 Å². The number of ether oxygens (including phenoxy) is 2. The number of amides is 3. The van der Waals surface area contributed by atoms with Gasteiger partial charge >= 0.3 is 0 Å². The Labute approximate surface area is 243 Å². The molecule has 3 heterocycles. The maximum Gasteiger partial charge on any atom is 0.246 e. The zero-order valence-electron chi connectivity index (χ0n) is 22.1. The monoisotopic (exact) mass is 583 g/mol. The highest BCUT2D eigenvalue weighted by molar-refractivity contribution is 6.35. The Morgan fingerprint density at radius 1 is 1.07 bits per heavy atom. The van der Waals surface area contributed by atoms with E-state index in [4.69, 9.17) is 32.7 Å². The van der Waals surface area contributed by atoms with Crippen molar-refractivity contribution in [1.29, 1.82) is 0 Å². The predicted molar refractivity (Wildman–Crippen MR) is 151 cm³/mol. The van der Waals surface area contributed by atoms with E-state index in [0.29, 0.717) is 21.5 Å². The van der Waals surface area contributed by atoms with Crippen LogP contribution in [0.25, 0.3) is 0 Å². The van der Waals surface area contributed by atoms with Crippen molar-refractivity contribution in [3.63, 3.8) is 0 Å². The molecule has 2 aromatic carbocycles. The van der Waals surface area contributed by atoms with Crippen LogP contribution in [-0.4, -0.2) is 53.5 Å². The van der Waals surface area contributed by atoms with Crippen molar-refractivity contribution in [2.75, 3.05) is 12.4 Å².